The number of nitrogens with zero attached hydrogens (tertiary/aromatic N) is 2. The van der Waals surface area contributed by atoms with Crippen LogP contribution >= 0.6 is 22.9 Å². The van der Waals surface area contributed by atoms with Crippen molar-refractivity contribution in [2.75, 3.05) is 0 Å². The summed E-state index contributed by atoms with van der Waals surface area (Å²) in [4.78, 5) is 21.2. The van der Waals surface area contributed by atoms with Gasteiger partial charge in [0, 0.05) is 30.2 Å². The molecule has 0 radical (unpaired) electrons. The Hall–Kier alpha value is -2.22. The Bertz CT molecular complexity index is 1090. The molecule has 4 rings (SSSR count). The first-order chi connectivity index (χ1) is 14.4. The summed E-state index contributed by atoms with van der Waals surface area (Å²) >= 11 is 6.77. The summed E-state index contributed by atoms with van der Waals surface area (Å²) in [6, 6.07) is 4.36. The van der Waals surface area contributed by atoms with Gasteiger partial charge in [-0.3, -0.25) is 9.78 Å². The molecule has 0 amide bonds. The lowest BCUT2D eigenvalue weighted by Gasteiger charge is -2.28. The quantitative estimate of drug-likeness (QED) is 0.411. The van der Waals surface area contributed by atoms with E-state index in [9.17, 15) is 13.6 Å². The minimum absolute atomic E-state index is 0.0838. The molecule has 156 valence electrons. The molecule has 2 atom stereocenters. The maximum atomic E-state index is 14.3. The van der Waals surface area contributed by atoms with Crippen molar-refractivity contribution in [2.24, 2.45) is 5.73 Å². The Morgan fingerprint density at radius 1 is 1.27 bits per heavy atom. The van der Waals surface area contributed by atoms with Crippen LogP contribution < -0.4 is 5.73 Å². The fourth-order valence-corrected chi connectivity index (χ4v) is 5.02. The smallest absolute Gasteiger partial charge is 0.186 e. The molecule has 0 spiro atoms. The topological polar surface area (TPSA) is 68.9 Å². The van der Waals surface area contributed by atoms with Crippen molar-refractivity contribution in [3.8, 4) is 10.6 Å². The van der Waals surface area contributed by atoms with Crippen molar-refractivity contribution in [2.45, 2.75) is 44.1 Å². The van der Waals surface area contributed by atoms with Crippen molar-refractivity contribution >= 4 is 28.7 Å². The van der Waals surface area contributed by atoms with Gasteiger partial charge in [-0.1, -0.05) is 18.0 Å². The van der Waals surface area contributed by atoms with Crippen LogP contribution in [0.15, 0.2) is 36.0 Å². The summed E-state index contributed by atoms with van der Waals surface area (Å²) in [7, 11) is 0. The lowest BCUT2D eigenvalue weighted by molar-refractivity contribution is 0.0988. The molecular weight excluding hydrogens is 428 g/mol. The third-order valence-electron chi connectivity index (χ3n) is 5.49. The summed E-state index contributed by atoms with van der Waals surface area (Å²) in [5, 5.41) is 1.41. The predicted octanol–water partition coefficient (Wildman–Crippen LogP) is 5.55. The van der Waals surface area contributed by atoms with Gasteiger partial charge in [0.25, 0.3) is 0 Å². The highest BCUT2D eigenvalue weighted by Crippen LogP contribution is 2.35. The van der Waals surface area contributed by atoms with Gasteiger partial charge in [0.05, 0.1) is 10.6 Å². The molecule has 0 bridgehead atoms. The van der Waals surface area contributed by atoms with Crippen molar-refractivity contribution in [1.29, 1.82) is 0 Å². The number of halogens is 3. The average Bonchev–Trinajstić information content (AvgIpc) is 3.21. The molecule has 8 heteroatoms. The van der Waals surface area contributed by atoms with Crippen LogP contribution in [0, 0.1) is 11.6 Å². The number of carbonyl (C=O) groups excluding carboxylic acids is 1. The van der Waals surface area contributed by atoms with Gasteiger partial charge in [0.1, 0.15) is 16.5 Å². The number of benzene rings is 1. The van der Waals surface area contributed by atoms with Crippen LogP contribution in [0.2, 0.25) is 5.02 Å². The largest absolute Gasteiger partial charge is 0.328 e. The van der Waals surface area contributed by atoms with E-state index in [2.05, 4.69) is 9.97 Å². The Balaban J connectivity index is 1.58. The molecule has 1 aliphatic rings. The van der Waals surface area contributed by atoms with Crippen LogP contribution in [0.4, 0.5) is 8.78 Å². The summed E-state index contributed by atoms with van der Waals surface area (Å²) in [6.07, 6.45) is 7.57. The fraction of sp³-hybridized carbons (Fsp3) is 0.318. The number of pyridine rings is 1. The van der Waals surface area contributed by atoms with E-state index in [0.717, 1.165) is 60.3 Å². The second-order valence-electron chi connectivity index (χ2n) is 7.55. The lowest BCUT2D eigenvalue weighted by Crippen LogP contribution is -2.27. The van der Waals surface area contributed by atoms with Crippen LogP contribution in [0.5, 0.6) is 0 Å². The highest BCUT2D eigenvalue weighted by molar-refractivity contribution is 7.13. The molecule has 1 saturated carbocycles. The minimum atomic E-state index is -0.881. The van der Waals surface area contributed by atoms with Crippen molar-refractivity contribution in [1.82, 2.24) is 9.97 Å². The Morgan fingerprint density at radius 2 is 2.10 bits per heavy atom. The van der Waals surface area contributed by atoms with Gasteiger partial charge in [-0.05, 0) is 54.5 Å². The molecule has 1 aliphatic carbocycles. The van der Waals surface area contributed by atoms with E-state index < -0.39 is 11.6 Å². The maximum Gasteiger partial charge on any atom is 0.186 e. The third kappa shape index (κ3) is 4.29. The molecule has 0 unspecified atom stereocenters. The van der Waals surface area contributed by atoms with Crippen molar-refractivity contribution in [3.05, 3.63) is 69.5 Å². The number of hydrogen-bond acceptors (Lipinski definition) is 5. The van der Waals surface area contributed by atoms with Gasteiger partial charge in [0.2, 0.25) is 0 Å². The zero-order chi connectivity index (χ0) is 21.3. The molecule has 2 heterocycles. The summed E-state index contributed by atoms with van der Waals surface area (Å²) < 4.78 is 28.4. The van der Waals surface area contributed by atoms with E-state index in [1.807, 2.05) is 6.07 Å². The summed E-state index contributed by atoms with van der Waals surface area (Å²) in [5.41, 5.74) is 7.93. The molecular formula is C22H20ClF2N3OS. The zero-order valence-electron chi connectivity index (χ0n) is 16.1. The van der Waals surface area contributed by atoms with Crippen LogP contribution in [0.1, 0.15) is 53.2 Å². The molecule has 2 aromatic heterocycles. The number of aromatic nitrogens is 2. The van der Waals surface area contributed by atoms with E-state index in [1.54, 1.807) is 12.4 Å². The number of hydrogen-bond donors (Lipinski definition) is 1. The number of carbonyl (C=O) groups is 1. The first kappa shape index (κ1) is 21.0. The van der Waals surface area contributed by atoms with E-state index in [0.29, 0.717) is 5.92 Å². The SMILES string of the molecule is N[C@H]1CCC[C@@H](c2ccncc2CC(=O)c2csc(-c3c(F)ccc(Cl)c3F)n2)C1. The van der Waals surface area contributed by atoms with E-state index in [1.165, 1.54) is 5.38 Å². The molecule has 0 aliphatic heterocycles. The van der Waals surface area contributed by atoms with Gasteiger partial charge in [0.15, 0.2) is 11.6 Å². The molecule has 1 aromatic carbocycles. The summed E-state index contributed by atoms with van der Waals surface area (Å²) in [5.74, 6) is -1.57. The van der Waals surface area contributed by atoms with E-state index >= 15 is 0 Å². The number of thiazole rings is 1. The standard InChI is InChI=1S/C22H20ClF2N3OS/c23-16-4-5-17(24)20(21(16)25)22-28-18(11-30-22)19(29)9-13-10-27-7-6-15(13)12-2-1-3-14(26)8-12/h4-7,10-12,14H,1-3,8-9,26H2/t12-,14+/m1/s1. The zero-order valence-corrected chi connectivity index (χ0v) is 17.6. The second-order valence-corrected chi connectivity index (χ2v) is 8.82. The van der Waals surface area contributed by atoms with E-state index in [-0.39, 0.29) is 39.5 Å². The van der Waals surface area contributed by atoms with Crippen LogP contribution in [0.3, 0.4) is 0 Å². The highest BCUT2D eigenvalue weighted by atomic mass is 35.5. The molecule has 30 heavy (non-hydrogen) atoms. The number of Topliss-reactive ketones (excluding diaryl/α,β-unsaturated/α-hetero) is 1. The normalized spacial score (nSPS) is 19.1. The molecule has 0 saturated heterocycles. The first-order valence-electron chi connectivity index (χ1n) is 9.75. The highest BCUT2D eigenvalue weighted by Gasteiger charge is 2.25. The predicted molar refractivity (Wildman–Crippen MR) is 114 cm³/mol. The number of ketones is 1. The van der Waals surface area contributed by atoms with Gasteiger partial charge in [-0.2, -0.15) is 0 Å². The van der Waals surface area contributed by atoms with Crippen LogP contribution in [0.25, 0.3) is 10.6 Å². The van der Waals surface area contributed by atoms with Gasteiger partial charge < -0.3 is 5.73 Å². The van der Waals surface area contributed by atoms with Gasteiger partial charge in [-0.25, -0.2) is 13.8 Å². The third-order valence-corrected chi connectivity index (χ3v) is 6.65. The summed E-state index contributed by atoms with van der Waals surface area (Å²) in [6.45, 7) is 0. The number of nitrogens with two attached hydrogens (primary N) is 1. The van der Waals surface area contributed by atoms with Crippen LogP contribution in [-0.2, 0) is 6.42 Å². The van der Waals surface area contributed by atoms with E-state index in [4.69, 9.17) is 17.3 Å². The monoisotopic (exact) mass is 447 g/mol. The fourth-order valence-electron chi connectivity index (χ4n) is 4.00. The molecule has 2 N–H and O–H groups in total. The Labute approximate surface area is 182 Å². The molecule has 1 fully saturated rings. The van der Waals surface area contributed by atoms with Gasteiger partial charge in [-0.15, -0.1) is 11.3 Å². The molecule has 3 aromatic rings. The van der Waals surface area contributed by atoms with Crippen LogP contribution in [-0.4, -0.2) is 21.8 Å². The van der Waals surface area contributed by atoms with Crippen molar-refractivity contribution in [3.63, 3.8) is 0 Å². The molecule has 4 nitrogen and oxygen atoms in total. The Kier molecular flexibility index (Phi) is 6.22. The minimum Gasteiger partial charge on any atom is -0.328 e. The Morgan fingerprint density at radius 3 is 2.90 bits per heavy atom. The number of rotatable bonds is 5. The lowest BCUT2D eigenvalue weighted by atomic mass is 9.80. The maximum absolute atomic E-state index is 14.3. The van der Waals surface area contributed by atoms with Gasteiger partial charge >= 0.3 is 0 Å². The van der Waals surface area contributed by atoms with Crippen molar-refractivity contribution < 1.29 is 13.6 Å². The second kappa shape index (κ2) is 8.88. The first-order valence-corrected chi connectivity index (χ1v) is 11.0. The average molecular weight is 448 g/mol.